The molecule has 5 aliphatic heterocycles. The van der Waals surface area contributed by atoms with Crippen LogP contribution in [-0.4, -0.2) is 39.1 Å². The second-order valence-electron chi connectivity index (χ2n) is 11.8. The van der Waals surface area contributed by atoms with Gasteiger partial charge in [-0.05, 0) is 74.8 Å². The van der Waals surface area contributed by atoms with Crippen molar-refractivity contribution < 1.29 is 17.7 Å². The zero-order valence-corrected chi connectivity index (χ0v) is 23.2. The first-order valence-electron chi connectivity index (χ1n) is 14.4. The minimum Gasteiger partial charge on any atom is -0.455 e. The van der Waals surface area contributed by atoms with Gasteiger partial charge in [0.15, 0.2) is 0 Å². The van der Waals surface area contributed by atoms with E-state index in [2.05, 4.69) is 21.6 Å². The van der Waals surface area contributed by atoms with Crippen LogP contribution in [0.2, 0.25) is 0 Å². The number of hydrogen-bond acceptors (Lipinski definition) is 4. The van der Waals surface area contributed by atoms with E-state index in [1.54, 1.807) is 6.07 Å². The molecule has 1 N–H and O–H groups in total. The van der Waals surface area contributed by atoms with Crippen molar-refractivity contribution in [2.75, 3.05) is 31.1 Å². The molecule has 0 bridgehead atoms. The van der Waals surface area contributed by atoms with Gasteiger partial charge in [-0.15, -0.1) is 0 Å². The zero-order valence-electron chi connectivity index (χ0n) is 22.3. The van der Waals surface area contributed by atoms with E-state index in [0.29, 0.717) is 5.56 Å². The number of ether oxygens (including phenoxy) is 1. The molecular formula is C32H33N2O4S+. The molecule has 0 atom stereocenters. The highest BCUT2D eigenvalue weighted by atomic mass is 32.2. The summed E-state index contributed by atoms with van der Waals surface area (Å²) in [7, 11) is -4.45. The maximum atomic E-state index is 12.8. The Balaban J connectivity index is 1.56. The summed E-state index contributed by atoms with van der Waals surface area (Å²) in [6.07, 6.45) is 8.33. The van der Waals surface area contributed by atoms with Crippen LogP contribution in [0.25, 0.3) is 5.57 Å². The van der Waals surface area contributed by atoms with Crippen LogP contribution in [0.4, 0.5) is 5.69 Å². The van der Waals surface area contributed by atoms with Gasteiger partial charge in [0, 0.05) is 64.7 Å². The first-order chi connectivity index (χ1) is 18.9. The summed E-state index contributed by atoms with van der Waals surface area (Å²) in [6, 6.07) is 9.94. The topological polar surface area (TPSA) is 69.8 Å². The first kappa shape index (κ1) is 23.7. The molecule has 7 heteroatoms. The summed E-state index contributed by atoms with van der Waals surface area (Å²) in [5.74, 6) is 1.77. The van der Waals surface area contributed by atoms with Gasteiger partial charge in [0.05, 0.1) is 5.56 Å². The number of rotatable bonds is 2. The quantitative estimate of drug-likeness (QED) is 0.310. The third-order valence-corrected chi connectivity index (χ3v) is 10.3. The van der Waals surface area contributed by atoms with Crippen molar-refractivity contribution in [2.45, 2.75) is 63.2 Å². The average molecular weight is 542 g/mol. The third kappa shape index (κ3) is 3.48. The van der Waals surface area contributed by atoms with Crippen molar-refractivity contribution in [3.8, 4) is 11.5 Å². The van der Waals surface area contributed by atoms with Crippen LogP contribution in [0.5, 0.6) is 11.5 Å². The SMILES string of the molecule is Cc1ccc(C2=c3cc4c5c(c3Oc3c2cc2c6c3CCCN6CCC2)CCC[N+]=5CCC4)c(S(=O)(=O)O)c1. The Bertz CT molecular complexity index is 1830. The smallest absolute Gasteiger partial charge is 0.295 e. The molecule has 0 unspecified atom stereocenters. The highest BCUT2D eigenvalue weighted by molar-refractivity contribution is 7.86. The normalized spacial score (nSPS) is 19.1. The predicted octanol–water partition coefficient (Wildman–Crippen LogP) is 3.68. The molecule has 39 heavy (non-hydrogen) atoms. The highest BCUT2D eigenvalue weighted by Gasteiger charge is 2.36. The molecule has 5 aliphatic rings. The molecule has 0 aliphatic carbocycles. The molecule has 5 heterocycles. The van der Waals surface area contributed by atoms with Crippen LogP contribution in [0, 0.1) is 6.92 Å². The minimum atomic E-state index is -4.45. The zero-order chi connectivity index (χ0) is 26.5. The lowest BCUT2D eigenvalue weighted by atomic mass is 9.82. The van der Waals surface area contributed by atoms with E-state index >= 15 is 0 Å². The Hall–Kier alpha value is -3.16. The van der Waals surface area contributed by atoms with Crippen molar-refractivity contribution in [1.82, 2.24) is 4.58 Å². The summed E-state index contributed by atoms with van der Waals surface area (Å²) in [5.41, 5.74) is 9.69. The Labute approximate surface area is 229 Å². The second kappa shape index (κ2) is 8.42. The van der Waals surface area contributed by atoms with Gasteiger partial charge in [0.2, 0.25) is 5.36 Å². The van der Waals surface area contributed by atoms with Crippen molar-refractivity contribution >= 4 is 21.4 Å². The van der Waals surface area contributed by atoms with Crippen molar-refractivity contribution in [2.24, 2.45) is 0 Å². The predicted molar refractivity (Wildman–Crippen MR) is 151 cm³/mol. The molecule has 0 saturated heterocycles. The van der Waals surface area contributed by atoms with Gasteiger partial charge < -0.3 is 9.64 Å². The van der Waals surface area contributed by atoms with Crippen LogP contribution in [0.1, 0.15) is 64.6 Å². The molecule has 0 fully saturated rings. The van der Waals surface area contributed by atoms with Crippen molar-refractivity contribution in [3.05, 3.63) is 79.9 Å². The fraction of sp³-hybridized carbons (Fsp3) is 0.406. The second-order valence-corrected chi connectivity index (χ2v) is 13.2. The number of anilines is 1. The van der Waals surface area contributed by atoms with Crippen LogP contribution in [-0.2, 0) is 35.8 Å². The Morgan fingerprint density at radius 1 is 0.846 bits per heavy atom. The molecule has 0 amide bonds. The number of fused-ring (bicyclic) bond motifs is 4. The molecule has 0 spiro atoms. The Morgan fingerprint density at radius 2 is 1.59 bits per heavy atom. The number of benzene rings is 3. The van der Waals surface area contributed by atoms with Gasteiger partial charge in [-0.1, -0.05) is 12.1 Å². The minimum absolute atomic E-state index is 0.0303. The average Bonchev–Trinajstić information content (AvgIpc) is 2.93. The molecule has 3 aromatic carbocycles. The van der Waals surface area contributed by atoms with E-state index in [4.69, 9.17) is 4.74 Å². The van der Waals surface area contributed by atoms with Gasteiger partial charge in [-0.2, -0.15) is 8.42 Å². The van der Waals surface area contributed by atoms with E-state index < -0.39 is 10.1 Å². The maximum Gasteiger partial charge on any atom is 0.295 e. The van der Waals surface area contributed by atoms with Gasteiger partial charge in [-0.3, -0.25) is 4.55 Å². The lowest BCUT2D eigenvalue weighted by Gasteiger charge is -2.39. The van der Waals surface area contributed by atoms with E-state index in [0.717, 1.165) is 111 Å². The molecular weight excluding hydrogens is 508 g/mol. The molecule has 3 aromatic rings. The van der Waals surface area contributed by atoms with Gasteiger partial charge >= 0.3 is 0 Å². The van der Waals surface area contributed by atoms with Crippen LogP contribution in [0.15, 0.2) is 35.2 Å². The fourth-order valence-corrected chi connectivity index (χ4v) is 8.64. The standard InChI is InChI=1S/C32H32N2O4S/c1-19-10-11-22(27(16-19)39(35,36)37)28-25-17-20-6-2-12-33-14-4-8-23(29(20)33)31(25)38-32-24-9-5-15-34-13-3-7-21(30(24)34)18-26(28)32/h10-11,16-18H,2-9,12-15H2,1H3/p+1. The lowest BCUT2D eigenvalue weighted by Crippen LogP contribution is -2.45. The third-order valence-electron chi connectivity index (χ3n) is 9.37. The van der Waals surface area contributed by atoms with Crippen molar-refractivity contribution in [3.63, 3.8) is 0 Å². The van der Waals surface area contributed by atoms with Crippen LogP contribution >= 0.6 is 0 Å². The number of aryl methyl sites for hydroxylation is 3. The number of nitrogens with zero attached hydrogens (tertiary/aromatic N) is 2. The molecule has 0 radical (unpaired) electrons. The number of hydrogen-bond donors (Lipinski definition) is 1. The van der Waals surface area contributed by atoms with E-state index in [-0.39, 0.29) is 4.90 Å². The highest BCUT2D eigenvalue weighted by Crippen LogP contribution is 2.49. The monoisotopic (exact) mass is 541 g/mol. The van der Waals surface area contributed by atoms with E-state index in [1.807, 2.05) is 19.1 Å². The molecule has 0 aromatic heterocycles. The molecule has 0 saturated carbocycles. The van der Waals surface area contributed by atoms with E-state index in [1.165, 1.54) is 33.3 Å². The summed E-state index contributed by atoms with van der Waals surface area (Å²) in [5, 5.41) is 2.30. The summed E-state index contributed by atoms with van der Waals surface area (Å²) < 4.78 is 45.5. The summed E-state index contributed by atoms with van der Waals surface area (Å²) in [6.45, 7) is 6.16. The Morgan fingerprint density at radius 3 is 2.41 bits per heavy atom. The maximum absolute atomic E-state index is 12.8. The fourth-order valence-electron chi connectivity index (χ4n) is 7.85. The largest absolute Gasteiger partial charge is 0.455 e. The van der Waals surface area contributed by atoms with Gasteiger partial charge in [0.25, 0.3) is 10.1 Å². The van der Waals surface area contributed by atoms with Gasteiger partial charge in [0.1, 0.15) is 29.5 Å². The molecule has 6 nitrogen and oxygen atoms in total. The Kier molecular flexibility index (Phi) is 5.12. The molecule has 8 rings (SSSR count). The molecule has 200 valence electrons. The van der Waals surface area contributed by atoms with Gasteiger partial charge in [-0.25, -0.2) is 4.58 Å². The first-order valence-corrected chi connectivity index (χ1v) is 15.8. The lowest BCUT2D eigenvalue weighted by molar-refractivity contribution is 0.431. The van der Waals surface area contributed by atoms with Crippen molar-refractivity contribution in [1.29, 1.82) is 0 Å². The van der Waals surface area contributed by atoms with E-state index in [9.17, 15) is 13.0 Å². The van der Waals surface area contributed by atoms with Crippen LogP contribution < -0.4 is 24.8 Å². The van der Waals surface area contributed by atoms with Crippen LogP contribution in [0.3, 0.4) is 0 Å². The summed E-state index contributed by atoms with van der Waals surface area (Å²) >= 11 is 0. The summed E-state index contributed by atoms with van der Waals surface area (Å²) in [4.78, 5) is 2.49.